The Balaban J connectivity index is 1.48. The highest BCUT2D eigenvalue weighted by molar-refractivity contribution is 7.18. The standard InChI is InChI=1S/C23H20ClFN4O5S/c24-19-9-8-18(35-19)22(33)26-14-11-17(27(12-14)13-21(31)32)23(34)29(25)16-6-4-15(5-7-16)28-10-2-1-3-20(28)30/h1-10,14,17H,11-13H2,(H,26,33)(H,31,32). The summed E-state index contributed by atoms with van der Waals surface area (Å²) in [5, 5.41) is 12.0. The molecular weight excluding hydrogens is 499 g/mol. The molecule has 2 atom stereocenters. The molecule has 3 heterocycles. The number of thiophene rings is 1. The van der Waals surface area contributed by atoms with Crippen LogP contribution in [0.1, 0.15) is 16.1 Å². The molecule has 1 aromatic carbocycles. The Bertz CT molecular complexity index is 1310. The topological polar surface area (TPSA) is 112 Å². The van der Waals surface area contributed by atoms with Gasteiger partial charge in [-0.15, -0.1) is 16.5 Å². The SMILES string of the molecule is O=C(O)CN1CC(NC(=O)c2ccc(Cl)s2)CC1C(=O)N(F)c1ccc(-n2ccccc2=O)cc1. The van der Waals surface area contributed by atoms with E-state index in [2.05, 4.69) is 5.32 Å². The predicted molar refractivity (Wildman–Crippen MR) is 129 cm³/mol. The molecule has 182 valence electrons. The number of aromatic nitrogens is 1. The number of benzene rings is 1. The number of carboxylic acids is 1. The maximum Gasteiger partial charge on any atom is 0.317 e. The molecule has 0 bridgehead atoms. The Morgan fingerprint density at radius 3 is 2.51 bits per heavy atom. The summed E-state index contributed by atoms with van der Waals surface area (Å²) in [6, 6.07) is 11.9. The van der Waals surface area contributed by atoms with E-state index in [1.807, 2.05) is 0 Å². The second kappa shape index (κ2) is 10.4. The Kier molecular flexibility index (Phi) is 7.29. The van der Waals surface area contributed by atoms with Crippen LogP contribution in [0.15, 0.2) is 65.6 Å². The van der Waals surface area contributed by atoms with Crippen molar-refractivity contribution in [2.75, 3.05) is 18.2 Å². The summed E-state index contributed by atoms with van der Waals surface area (Å²) in [5.74, 6) is -2.53. The predicted octanol–water partition coefficient (Wildman–Crippen LogP) is 2.73. The van der Waals surface area contributed by atoms with E-state index in [0.29, 0.717) is 14.9 Å². The van der Waals surface area contributed by atoms with Crippen LogP contribution in [0, 0.1) is 0 Å². The van der Waals surface area contributed by atoms with E-state index in [1.165, 1.54) is 39.8 Å². The first-order chi connectivity index (χ1) is 16.7. The van der Waals surface area contributed by atoms with Gasteiger partial charge >= 0.3 is 5.97 Å². The van der Waals surface area contributed by atoms with Crippen molar-refractivity contribution >= 4 is 46.4 Å². The third-order valence-electron chi connectivity index (χ3n) is 5.53. The molecule has 0 saturated carbocycles. The number of aliphatic carboxylic acids is 1. The molecule has 1 aliphatic heterocycles. The zero-order valence-corrected chi connectivity index (χ0v) is 19.7. The minimum absolute atomic E-state index is 0.0366. The van der Waals surface area contributed by atoms with Crippen LogP contribution < -0.4 is 16.0 Å². The number of hydrogen-bond acceptors (Lipinski definition) is 6. The Labute approximate surface area is 207 Å². The van der Waals surface area contributed by atoms with Gasteiger partial charge in [0.1, 0.15) is 0 Å². The molecule has 2 N–H and O–H groups in total. The minimum atomic E-state index is -1.18. The number of nitrogens with one attached hydrogen (secondary N) is 1. The molecule has 35 heavy (non-hydrogen) atoms. The second-order valence-electron chi connectivity index (χ2n) is 7.89. The number of hydrogen-bond donors (Lipinski definition) is 2. The van der Waals surface area contributed by atoms with E-state index in [1.54, 1.807) is 30.5 Å². The van der Waals surface area contributed by atoms with Crippen LogP contribution in [0.2, 0.25) is 4.34 Å². The van der Waals surface area contributed by atoms with E-state index < -0.39 is 36.4 Å². The number of nitrogens with zero attached hydrogens (tertiary/aromatic N) is 3. The molecular formula is C23H20ClFN4O5S. The van der Waals surface area contributed by atoms with Gasteiger partial charge in [0.2, 0.25) is 0 Å². The van der Waals surface area contributed by atoms with Gasteiger partial charge in [-0.05, 0) is 48.9 Å². The first kappa shape index (κ1) is 24.6. The van der Waals surface area contributed by atoms with Gasteiger partial charge in [-0.1, -0.05) is 22.1 Å². The maximum absolute atomic E-state index is 15.1. The molecule has 4 rings (SSSR count). The summed E-state index contributed by atoms with van der Waals surface area (Å²) in [6.45, 7) is -0.422. The molecule has 3 aromatic rings. The van der Waals surface area contributed by atoms with Crippen molar-refractivity contribution in [1.82, 2.24) is 14.8 Å². The molecule has 1 fully saturated rings. The van der Waals surface area contributed by atoms with E-state index in [9.17, 15) is 24.3 Å². The van der Waals surface area contributed by atoms with Crippen LogP contribution in [-0.4, -0.2) is 57.5 Å². The summed E-state index contributed by atoms with van der Waals surface area (Å²) in [4.78, 5) is 50.4. The van der Waals surface area contributed by atoms with E-state index >= 15 is 4.48 Å². The molecule has 1 aliphatic rings. The van der Waals surface area contributed by atoms with Gasteiger partial charge in [0, 0.05) is 30.5 Å². The highest BCUT2D eigenvalue weighted by Crippen LogP contribution is 2.26. The molecule has 0 spiro atoms. The van der Waals surface area contributed by atoms with Crippen LogP contribution in [0.3, 0.4) is 0 Å². The van der Waals surface area contributed by atoms with Gasteiger partial charge in [-0.2, -0.15) is 0 Å². The highest BCUT2D eigenvalue weighted by Gasteiger charge is 2.41. The van der Waals surface area contributed by atoms with Gasteiger partial charge in [0.15, 0.2) is 0 Å². The number of anilines is 1. The zero-order valence-electron chi connectivity index (χ0n) is 18.1. The van der Waals surface area contributed by atoms with Crippen molar-refractivity contribution in [2.24, 2.45) is 0 Å². The highest BCUT2D eigenvalue weighted by atomic mass is 35.5. The second-order valence-corrected chi connectivity index (χ2v) is 9.61. The number of halogens is 2. The first-order valence-corrected chi connectivity index (χ1v) is 11.7. The largest absolute Gasteiger partial charge is 0.480 e. The molecule has 2 amide bonds. The smallest absolute Gasteiger partial charge is 0.317 e. The number of amides is 2. The van der Waals surface area contributed by atoms with Gasteiger partial charge in [-0.3, -0.25) is 28.6 Å². The monoisotopic (exact) mass is 518 g/mol. The number of likely N-dealkylation sites (tertiary alicyclic amines) is 1. The summed E-state index contributed by atoms with van der Waals surface area (Å²) in [5.41, 5.74) is 0.158. The number of carbonyl (C=O) groups excluding carboxylic acids is 2. The lowest BCUT2D eigenvalue weighted by Crippen LogP contribution is -2.44. The number of carbonyl (C=O) groups is 3. The van der Waals surface area contributed by atoms with Gasteiger partial charge < -0.3 is 10.4 Å². The van der Waals surface area contributed by atoms with Crippen molar-refractivity contribution in [1.29, 1.82) is 0 Å². The fourth-order valence-corrected chi connectivity index (χ4v) is 4.90. The fraction of sp³-hybridized carbons (Fsp3) is 0.217. The van der Waals surface area contributed by atoms with Crippen molar-refractivity contribution in [3.63, 3.8) is 0 Å². The van der Waals surface area contributed by atoms with Crippen molar-refractivity contribution in [2.45, 2.75) is 18.5 Å². The third kappa shape index (κ3) is 5.59. The van der Waals surface area contributed by atoms with Crippen LogP contribution in [0.4, 0.5) is 10.2 Å². The lowest BCUT2D eigenvalue weighted by Gasteiger charge is -2.23. The molecule has 12 heteroatoms. The average molecular weight is 519 g/mol. The number of rotatable bonds is 7. The summed E-state index contributed by atoms with van der Waals surface area (Å²) in [6.07, 6.45) is 1.60. The first-order valence-electron chi connectivity index (χ1n) is 10.5. The lowest BCUT2D eigenvalue weighted by atomic mass is 10.1. The van der Waals surface area contributed by atoms with E-state index in [-0.39, 0.29) is 29.3 Å². The average Bonchev–Trinajstić information content (AvgIpc) is 3.44. The van der Waals surface area contributed by atoms with Crippen LogP contribution in [0.5, 0.6) is 0 Å². The van der Waals surface area contributed by atoms with Crippen molar-refractivity contribution < 1.29 is 24.0 Å². The van der Waals surface area contributed by atoms with Gasteiger partial charge in [-0.25, -0.2) is 0 Å². The van der Waals surface area contributed by atoms with Crippen molar-refractivity contribution in [3.8, 4) is 5.69 Å². The van der Waals surface area contributed by atoms with E-state index in [0.717, 1.165) is 11.3 Å². The lowest BCUT2D eigenvalue weighted by molar-refractivity contribution is -0.139. The molecule has 2 aromatic heterocycles. The van der Waals surface area contributed by atoms with Crippen LogP contribution >= 0.6 is 22.9 Å². The molecule has 0 radical (unpaired) electrons. The van der Waals surface area contributed by atoms with Gasteiger partial charge in [0.05, 0.1) is 27.5 Å². The Morgan fingerprint density at radius 1 is 1.14 bits per heavy atom. The molecule has 2 unspecified atom stereocenters. The van der Waals surface area contributed by atoms with E-state index in [4.69, 9.17) is 11.6 Å². The minimum Gasteiger partial charge on any atom is -0.480 e. The number of carboxylic acid groups (broad SMARTS) is 1. The normalized spacial score (nSPS) is 17.8. The quantitative estimate of drug-likeness (QED) is 0.465. The van der Waals surface area contributed by atoms with Crippen LogP contribution in [0.25, 0.3) is 5.69 Å². The Hall–Kier alpha value is -3.54. The molecule has 1 saturated heterocycles. The zero-order chi connectivity index (χ0) is 25.1. The fourth-order valence-electron chi connectivity index (χ4n) is 3.95. The molecule has 9 nitrogen and oxygen atoms in total. The Morgan fingerprint density at radius 2 is 1.89 bits per heavy atom. The van der Waals surface area contributed by atoms with Gasteiger partial charge in [0.25, 0.3) is 17.4 Å². The van der Waals surface area contributed by atoms with Crippen LogP contribution in [-0.2, 0) is 9.59 Å². The number of pyridine rings is 1. The molecule has 0 aliphatic carbocycles. The maximum atomic E-state index is 15.1. The summed E-state index contributed by atoms with van der Waals surface area (Å²) in [7, 11) is 0. The summed E-state index contributed by atoms with van der Waals surface area (Å²) >= 11 is 6.96. The van der Waals surface area contributed by atoms with Crippen molar-refractivity contribution in [3.05, 3.63) is 80.4 Å². The summed E-state index contributed by atoms with van der Waals surface area (Å²) < 4.78 is 16.9. The third-order valence-corrected chi connectivity index (χ3v) is 6.76.